The SMILES string of the molecule is CCOC(=O)c1cc(Br)c(C#N)c(CCl)c1. The van der Waals surface area contributed by atoms with Gasteiger partial charge in [0, 0.05) is 10.4 Å². The van der Waals surface area contributed by atoms with Gasteiger partial charge in [-0.25, -0.2) is 4.79 Å². The Morgan fingerprint density at radius 3 is 2.81 bits per heavy atom. The summed E-state index contributed by atoms with van der Waals surface area (Å²) in [5, 5.41) is 8.91. The molecule has 5 heteroatoms. The fourth-order valence-electron chi connectivity index (χ4n) is 1.23. The summed E-state index contributed by atoms with van der Waals surface area (Å²) in [6.07, 6.45) is 0. The molecule has 0 saturated carbocycles. The maximum atomic E-state index is 11.5. The van der Waals surface area contributed by atoms with Crippen LogP contribution in [0.3, 0.4) is 0 Å². The highest BCUT2D eigenvalue weighted by Crippen LogP contribution is 2.24. The van der Waals surface area contributed by atoms with Crippen LogP contribution in [0.1, 0.15) is 28.4 Å². The Morgan fingerprint density at radius 1 is 1.62 bits per heavy atom. The summed E-state index contributed by atoms with van der Waals surface area (Å²) >= 11 is 8.94. The summed E-state index contributed by atoms with van der Waals surface area (Å²) in [6.45, 7) is 2.05. The number of rotatable bonds is 3. The van der Waals surface area contributed by atoms with Crippen LogP contribution in [0.25, 0.3) is 0 Å². The molecular weight excluding hydrogens is 293 g/mol. The lowest BCUT2D eigenvalue weighted by Gasteiger charge is -2.07. The van der Waals surface area contributed by atoms with Crippen molar-refractivity contribution in [1.29, 1.82) is 5.26 Å². The second-order valence-electron chi connectivity index (χ2n) is 2.96. The van der Waals surface area contributed by atoms with E-state index in [1.165, 1.54) is 0 Å². The smallest absolute Gasteiger partial charge is 0.338 e. The Morgan fingerprint density at radius 2 is 2.31 bits per heavy atom. The first-order chi connectivity index (χ1) is 7.63. The van der Waals surface area contributed by atoms with E-state index >= 15 is 0 Å². The van der Waals surface area contributed by atoms with Crippen LogP contribution in [0.15, 0.2) is 16.6 Å². The van der Waals surface area contributed by atoms with E-state index in [-0.39, 0.29) is 5.88 Å². The number of benzene rings is 1. The molecule has 0 aromatic heterocycles. The van der Waals surface area contributed by atoms with Gasteiger partial charge in [-0.3, -0.25) is 0 Å². The van der Waals surface area contributed by atoms with Crippen molar-refractivity contribution in [3.05, 3.63) is 33.3 Å². The number of hydrogen-bond acceptors (Lipinski definition) is 3. The van der Waals surface area contributed by atoms with Crippen LogP contribution in [0.2, 0.25) is 0 Å². The Kier molecular flexibility index (Phi) is 4.78. The molecule has 0 fully saturated rings. The monoisotopic (exact) mass is 301 g/mol. The highest BCUT2D eigenvalue weighted by molar-refractivity contribution is 9.10. The van der Waals surface area contributed by atoms with Gasteiger partial charge in [0.15, 0.2) is 0 Å². The molecule has 0 atom stereocenters. The maximum Gasteiger partial charge on any atom is 0.338 e. The largest absolute Gasteiger partial charge is 0.462 e. The van der Waals surface area contributed by atoms with Crippen LogP contribution < -0.4 is 0 Å². The van der Waals surface area contributed by atoms with Gasteiger partial charge < -0.3 is 4.74 Å². The minimum atomic E-state index is -0.418. The zero-order valence-corrected chi connectivity index (χ0v) is 10.9. The molecule has 0 spiro atoms. The van der Waals surface area contributed by atoms with E-state index in [0.717, 1.165) is 0 Å². The molecule has 1 aromatic rings. The molecule has 0 aliphatic carbocycles. The lowest BCUT2D eigenvalue weighted by molar-refractivity contribution is 0.0526. The van der Waals surface area contributed by atoms with Gasteiger partial charge in [0.25, 0.3) is 0 Å². The molecule has 0 amide bonds. The minimum Gasteiger partial charge on any atom is -0.462 e. The molecule has 0 radical (unpaired) electrons. The zero-order valence-electron chi connectivity index (χ0n) is 8.59. The molecule has 0 unspecified atom stereocenters. The van der Waals surface area contributed by atoms with Gasteiger partial charge >= 0.3 is 5.97 Å². The number of halogens is 2. The number of esters is 1. The van der Waals surface area contributed by atoms with Crippen molar-refractivity contribution in [1.82, 2.24) is 0 Å². The van der Waals surface area contributed by atoms with E-state index in [1.54, 1.807) is 19.1 Å². The fraction of sp³-hybridized carbons (Fsp3) is 0.273. The third-order valence-electron chi connectivity index (χ3n) is 1.94. The van der Waals surface area contributed by atoms with E-state index in [2.05, 4.69) is 15.9 Å². The van der Waals surface area contributed by atoms with Gasteiger partial charge in [0.1, 0.15) is 6.07 Å². The molecule has 16 heavy (non-hydrogen) atoms. The van der Waals surface area contributed by atoms with Crippen molar-refractivity contribution in [3.63, 3.8) is 0 Å². The van der Waals surface area contributed by atoms with Gasteiger partial charge in [0.2, 0.25) is 0 Å². The van der Waals surface area contributed by atoms with Crippen LogP contribution in [0.5, 0.6) is 0 Å². The highest BCUT2D eigenvalue weighted by Gasteiger charge is 2.13. The summed E-state index contributed by atoms with van der Waals surface area (Å²) in [5.74, 6) is -0.242. The van der Waals surface area contributed by atoms with Gasteiger partial charge in [-0.05, 0) is 40.5 Å². The molecule has 3 nitrogen and oxygen atoms in total. The van der Waals surface area contributed by atoms with Gasteiger partial charge in [-0.2, -0.15) is 5.26 Å². The molecule has 0 aliphatic heterocycles. The summed E-state index contributed by atoms with van der Waals surface area (Å²) in [7, 11) is 0. The zero-order chi connectivity index (χ0) is 12.1. The molecule has 84 valence electrons. The second kappa shape index (κ2) is 5.88. The first kappa shape index (κ1) is 13.0. The normalized spacial score (nSPS) is 9.62. The number of carbonyl (C=O) groups is 1. The number of alkyl halides is 1. The Balaban J connectivity index is 3.21. The summed E-state index contributed by atoms with van der Waals surface area (Å²) in [6, 6.07) is 5.17. The molecule has 0 aliphatic rings. The lowest BCUT2D eigenvalue weighted by Crippen LogP contribution is -2.06. The third kappa shape index (κ3) is 2.75. The third-order valence-corrected chi connectivity index (χ3v) is 2.85. The lowest BCUT2D eigenvalue weighted by atomic mass is 10.1. The van der Waals surface area contributed by atoms with E-state index in [9.17, 15) is 4.79 Å². The predicted octanol–water partition coefficient (Wildman–Crippen LogP) is 3.24. The van der Waals surface area contributed by atoms with Crippen LogP contribution in [0.4, 0.5) is 0 Å². The van der Waals surface area contributed by atoms with Crippen molar-refractivity contribution >= 4 is 33.5 Å². The van der Waals surface area contributed by atoms with Crippen LogP contribution in [0, 0.1) is 11.3 Å². The van der Waals surface area contributed by atoms with Crippen molar-refractivity contribution in [2.75, 3.05) is 6.61 Å². The average molecular weight is 303 g/mol. The quantitative estimate of drug-likeness (QED) is 0.636. The van der Waals surface area contributed by atoms with Crippen molar-refractivity contribution in [2.24, 2.45) is 0 Å². The second-order valence-corrected chi connectivity index (χ2v) is 4.08. The highest BCUT2D eigenvalue weighted by atomic mass is 79.9. The molecule has 0 heterocycles. The summed E-state index contributed by atoms with van der Waals surface area (Å²) < 4.78 is 5.42. The first-order valence-electron chi connectivity index (χ1n) is 4.59. The molecule has 0 bridgehead atoms. The Labute approximate surface area is 107 Å². The number of nitriles is 1. The number of ether oxygens (including phenoxy) is 1. The van der Waals surface area contributed by atoms with Crippen LogP contribution in [-0.2, 0) is 10.6 Å². The van der Waals surface area contributed by atoms with E-state index in [0.29, 0.717) is 27.8 Å². The summed E-state index contributed by atoms with van der Waals surface area (Å²) in [4.78, 5) is 11.5. The predicted molar refractivity (Wildman–Crippen MR) is 64.4 cm³/mol. The molecule has 0 saturated heterocycles. The standard InChI is InChI=1S/C11H9BrClNO2/c1-2-16-11(15)7-3-8(5-13)9(6-14)10(12)4-7/h3-4H,2,5H2,1H3. The van der Waals surface area contributed by atoms with Gasteiger partial charge in [0.05, 0.1) is 17.7 Å². The fourth-order valence-corrected chi connectivity index (χ4v) is 2.03. The van der Waals surface area contributed by atoms with E-state index in [1.807, 2.05) is 6.07 Å². The van der Waals surface area contributed by atoms with Gasteiger partial charge in [-0.15, -0.1) is 11.6 Å². The Hall–Kier alpha value is -1.05. The number of carbonyl (C=O) groups excluding carboxylic acids is 1. The summed E-state index contributed by atoms with van der Waals surface area (Å²) in [5.41, 5.74) is 1.45. The van der Waals surface area contributed by atoms with Crippen molar-refractivity contribution in [2.45, 2.75) is 12.8 Å². The Bertz CT molecular complexity index is 454. The minimum absolute atomic E-state index is 0.175. The average Bonchev–Trinajstić information content (AvgIpc) is 2.28. The van der Waals surface area contributed by atoms with E-state index in [4.69, 9.17) is 21.6 Å². The maximum absolute atomic E-state index is 11.5. The molecule has 1 rings (SSSR count). The number of nitrogens with zero attached hydrogens (tertiary/aromatic N) is 1. The van der Waals surface area contributed by atoms with Gasteiger partial charge in [-0.1, -0.05) is 0 Å². The van der Waals surface area contributed by atoms with Crippen molar-refractivity contribution in [3.8, 4) is 6.07 Å². The van der Waals surface area contributed by atoms with Crippen LogP contribution >= 0.6 is 27.5 Å². The molecule has 1 aromatic carbocycles. The topological polar surface area (TPSA) is 50.1 Å². The molecular formula is C11H9BrClNO2. The molecule has 0 N–H and O–H groups in total. The van der Waals surface area contributed by atoms with Crippen molar-refractivity contribution < 1.29 is 9.53 Å². The van der Waals surface area contributed by atoms with E-state index < -0.39 is 5.97 Å². The van der Waals surface area contributed by atoms with Crippen LogP contribution in [-0.4, -0.2) is 12.6 Å². The number of hydrogen-bond donors (Lipinski definition) is 0. The first-order valence-corrected chi connectivity index (χ1v) is 5.92.